The zero-order valence-corrected chi connectivity index (χ0v) is 13.2. The first kappa shape index (κ1) is 15.9. The molecule has 3 rings (SSSR count). The Hall–Kier alpha value is -1.95. The predicted molar refractivity (Wildman–Crippen MR) is 80.1 cm³/mol. The Morgan fingerprint density at radius 1 is 1.35 bits per heavy atom. The van der Waals surface area contributed by atoms with Gasteiger partial charge in [-0.05, 0) is 31.2 Å². The lowest BCUT2D eigenvalue weighted by Crippen LogP contribution is -2.57. The van der Waals surface area contributed by atoms with Crippen molar-refractivity contribution in [3.8, 4) is 0 Å². The number of aliphatic carboxylic acids is 1. The zero-order chi connectivity index (χ0) is 16.8. The van der Waals surface area contributed by atoms with Crippen molar-refractivity contribution in [1.29, 1.82) is 0 Å². The molecule has 0 spiro atoms. The van der Waals surface area contributed by atoms with Gasteiger partial charge in [0.1, 0.15) is 5.82 Å². The SMILES string of the molecule is COC(C)(C(=O)N1CC([C@@H]2C[C@H]2C(=O)O)C1)c1ccccc1F. The average Bonchev–Trinajstić information content (AvgIpc) is 3.25. The van der Waals surface area contributed by atoms with Crippen LogP contribution in [0, 0.1) is 23.6 Å². The second-order valence-electron chi connectivity index (χ2n) is 6.53. The molecule has 5 nitrogen and oxygen atoms in total. The van der Waals surface area contributed by atoms with Crippen molar-refractivity contribution in [2.24, 2.45) is 17.8 Å². The first-order chi connectivity index (χ1) is 10.9. The molecule has 1 unspecified atom stereocenters. The highest BCUT2D eigenvalue weighted by atomic mass is 19.1. The summed E-state index contributed by atoms with van der Waals surface area (Å²) in [7, 11) is 1.39. The van der Waals surface area contributed by atoms with E-state index in [1.165, 1.54) is 13.2 Å². The Kier molecular flexibility index (Phi) is 3.88. The molecule has 23 heavy (non-hydrogen) atoms. The summed E-state index contributed by atoms with van der Waals surface area (Å²) in [5, 5.41) is 8.97. The summed E-state index contributed by atoms with van der Waals surface area (Å²) in [5.41, 5.74) is -1.16. The number of carboxylic acid groups (broad SMARTS) is 1. The van der Waals surface area contributed by atoms with Crippen LogP contribution in [0.2, 0.25) is 0 Å². The van der Waals surface area contributed by atoms with Gasteiger partial charge in [0.15, 0.2) is 5.60 Å². The molecule has 1 saturated heterocycles. The lowest BCUT2D eigenvalue weighted by atomic mass is 9.88. The molecule has 1 amide bonds. The number of benzene rings is 1. The number of carbonyl (C=O) groups is 2. The summed E-state index contributed by atoms with van der Waals surface area (Å²) in [6.07, 6.45) is 0.691. The summed E-state index contributed by atoms with van der Waals surface area (Å²) >= 11 is 0. The van der Waals surface area contributed by atoms with Crippen LogP contribution in [0.5, 0.6) is 0 Å². The second-order valence-corrected chi connectivity index (χ2v) is 6.53. The van der Waals surface area contributed by atoms with Gasteiger partial charge in [0.05, 0.1) is 5.92 Å². The molecule has 6 heteroatoms. The molecule has 1 aliphatic carbocycles. The Morgan fingerprint density at radius 3 is 2.52 bits per heavy atom. The lowest BCUT2D eigenvalue weighted by Gasteiger charge is -2.44. The van der Waals surface area contributed by atoms with Crippen LogP contribution in [0.25, 0.3) is 0 Å². The molecule has 1 N–H and O–H groups in total. The van der Waals surface area contributed by atoms with Crippen LogP contribution in [0.15, 0.2) is 24.3 Å². The van der Waals surface area contributed by atoms with Crippen molar-refractivity contribution in [1.82, 2.24) is 4.90 Å². The maximum atomic E-state index is 14.1. The highest BCUT2D eigenvalue weighted by Crippen LogP contribution is 2.48. The molecule has 0 aromatic heterocycles. The summed E-state index contributed by atoms with van der Waals surface area (Å²) in [5.74, 6) is -1.39. The van der Waals surface area contributed by atoms with Crippen molar-refractivity contribution < 1.29 is 23.8 Å². The van der Waals surface area contributed by atoms with E-state index in [-0.39, 0.29) is 29.2 Å². The molecule has 1 heterocycles. The van der Waals surface area contributed by atoms with Crippen molar-refractivity contribution >= 4 is 11.9 Å². The molecule has 1 aliphatic heterocycles. The molecular formula is C17H20FNO4. The van der Waals surface area contributed by atoms with E-state index in [2.05, 4.69) is 0 Å². The Labute approximate surface area is 134 Å². The first-order valence-corrected chi connectivity index (χ1v) is 7.70. The highest BCUT2D eigenvalue weighted by Gasteiger charge is 2.54. The van der Waals surface area contributed by atoms with Crippen LogP contribution in [0.4, 0.5) is 4.39 Å². The molecule has 3 atom stereocenters. The average molecular weight is 321 g/mol. The molecule has 0 bridgehead atoms. The van der Waals surface area contributed by atoms with Crippen LogP contribution in [-0.2, 0) is 19.9 Å². The number of hydrogen-bond donors (Lipinski definition) is 1. The Morgan fingerprint density at radius 2 is 2.00 bits per heavy atom. The van der Waals surface area contributed by atoms with Crippen LogP contribution in [-0.4, -0.2) is 42.1 Å². The van der Waals surface area contributed by atoms with Gasteiger partial charge in [-0.2, -0.15) is 0 Å². The molecule has 2 aliphatic rings. The topological polar surface area (TPSA) is 66.8 Å². The fourth-order valence-corrected chi connectivity index (χ4v) is 3.43. The molecule has 1 aromatic rings. The maximum Gasteiger partial charge on any atom is 0.306 e. The van der Waals surface area contributed by atoms with Gasteiger partial charge in [-0.3, -0.25) is 9.59 Å². The number of methoxy groups -OCH3 is 1. The van der Waals surface area contributed by atoms with Gasteiger partial charge in [-0.15, -0.1) is 0 Å². The minimum absolute atomic E-state index is 0.166. The minimum atomic E-state index is -1.37. The molecule has 124 valence electrons. The van der Waals surface area contributed by atoms with Crippen molar-refractivity contribution in [3.05, 3.63) is 35.6 Å². The quantitative estimate of drug-likeness (QED) is 0.899. The monoisotopic (exact) mass is 321 g/mol. The van der Waals surface area contributed by atoms with Crippen molar-refractivity contribution in [2.45, 2.75) is 18.9 Å². The number of carbonyl (C=O) groups excluding carboxylic acids is 1. The van der Waals surface area contributed by atoms with Gasteiger partial charge in [0, 0.05) is 25.8 Å². The largest absolute Gasteiger partial charge is 0.481 e. The number of likely N-dealkylation sites (tertiary alicyclic amines) is 1. The Bertz CT molecular complexity index is 643. The third-order valence-corrected chi connectivity index (χ3v) is 5.16. The van der Waals surface area contributed by atoms with E-state index in [0.717, 1.165) is 0 Å². The summed E-state index contributed by atoms with van der Waals surface area (Å²) in [4.78, 5) is 25.3. The fraction of sp³-hybridized carbons (Fsp3) is 0.529. The lowest BCUT2D eigenvalue weighted by molar-refractivity contribution is -0.162. The number of ether oxygens (including phenoxy) is 1. The predicted octanol–water partition coefficient (Wildman–Crippen LogP) is 1.87. The molecule has 0 radical (unpaired) electrons. The third kappa shape index (κ3) is 2.61. The second kappa shape index (κ2) is 5.60. The molecule has 1 saturated carbocycles. The molecule has 1 aromatic carbocycles. The van der Waals surface area contributed by atoms with Crippen LogP contribution >= 0.6 is 0 Å². The van der Waals surface area contributed by atoms with Crippen LogP contribution < -0.4 is 0 Å². The van der Waals surface area contributed by atoms with E-state index in [1.807, 2.05) is 0 Å². The van der Waals surface area contributed by atoms with Crippen molar-refractivity contribution in [3.63, 3.8) is 0 Å². The fourth-order valence-electron chi connectivity index (χ4n) is 3.43. The number of hydrogen-bond acceptors (Lipinski definition) is 3. The van der Waals surface area contributed by atoms with E-state index < -0.39 is 17.4 Å². The summed E-state index contributed by atoms with van der Waals surface area (Å²) in [6, 6.07) is 6.09. The van der Waals surface area contributed by atoms with Gasteiger partial charge in [0.25, 0.3) is 5.91 Å². The van der Waals surface area contributed by atoms with E-state index in [9.17, 15) is 14.0 Å². The number of carboxylic acids is 1. The van der Waals surface area contributed by atoms with E-state index in [1.54, 1.807) is 30.0 Å². The first-order valence-electron chi connectivity index (χ1n) is 7.70. The van der Waals surface area contributed by atoms with E-state index >= 15 is 0 Å². The number of nitrogens with zero attached hydrogens (tertiary/aromatic N) is 1. The van der Waals surface area contributed by atoms with Gasteiger partial charge >= 0.3 is 5.97 Å². The smallest absolute Gasteiger partial charge is 0.306 e. The molecule has 2 fully saturated rings. The van der Waals surface area contributed by atoms with Gasteiger partial charge < -0.3 is 14.7 Å². The van der Waals surface area contributed by atoms with E-state index in [4.69, 9.17) is 9.84 Å². The normalized spacial score (nSPS) is 26.3. The number of amides is 1. The third-order valence-electron chi connectivity index (χ3n) is 5.16. The van der Waals surface area contributed by atoms with Crippen LogP contribution in [0.1, 0.15) is 18.9 Å². The Balaban J connectivity index is 1.68. The highest BCUT2D eigenvalue weighted by molar-refractivity contribution is 5.87. The van der Waals surface area contributed by atoms with Crippen LogP contribution in [0.3, 0.4) is 0 Å². The standard InChI is InChI=1S/C17H20FNO4/c1-17(23-2,13-5-3-4-6-14(13)18)16(22)19-8-10(9-19)11-7-12(11)15(20)21/h3-6,10-12H,7-9H2,1-2H3,(H,20,21)/t11-,12+,17?/m0/s1. The number of halogens is 1. The summed E-state index contributed by atoms with van der Waals surface area (Å²) < 4.78 is 19.4. The van der Waals surface area contributed by atoms with Gasteiger partial charge in [-0.1, -0.05) is 18.2 Å². The van der Waals surface area contributed by atoms with E-state index in [0.29, 0.717) is 19.5 Å². The maximum absolute atomic E-state index is 14.1. The number of rotatable bonds is 5. The van der Waals surface area contributed by atoms with Gasteiger partial charge in [0.2, 0.25) is 0 Å². The van der Waals surface area contributed by atoms with Crippen molar-refractivity contribution in [2.75, 3.05) is 20.2 Å². The zero-order valence-electron chi connectivity index (χ0n) is 13.2. The minimum Gasteiger partial charge on any atom is -0.481 e. The van der Waals surface area contributed by atoms with Gasteiger partial charge in [-0.25, -0.2) is 4.39 Å². The summed E-state index contributed by atoms with van der Waals surface area (Å²) in [6.45, 7) is 2.60. The molecular weight excluding hydrogens is 301 g/mol.